The number of carbonyl (C=O) groups is 2. The topological polar surface area (TPSA) is 72.5 Å². The Labute approximate surface area is 98.8 Å². The Kier molecular flexibility index (Phi) is 2.63. The van der Waals surface area contributed by atoms with Crippen LogP contribution in [-0.4, -0.2) is 17.3 Å². The lowest BCUT2D eigenvalue weighted by Crippen LogP contribution is -2.26. The van der Waals surface area contributed by atoms with Crippen molar-refractivity contribution in [2.24, 2.45) is 10.7 Å². The summed E-state index contributed by atoms with van der Waals surface area (Å²) in [6.07, 6.45) is 0. The van der Waals surface area contributed by atoms with Gasteiger partial charge in [0, 0.05) is 16.8 Å². The van der Waals surface area contributed by atoms with Crippen molar-refractivity contribution < 1.29 is 9.59 Å². The normalized spacial score (nSPS) is 14.7. The second kappa shape index (κ2) is 3.97. The SMILES string of the molecule is CC(C)=NC1=C(N)C(=O)c2ccccc2C1=O. The maximum atomic E-state index is 12.1. The smallest absolute Gasteiger partial charge is 0.214 e. The lowest BCUT2D eigenvalue weighted by Gasteiger charge is -2.15. The summed E-state index contributed by atoms with van der Waals surface area (Å²) in [4.78, 5) is 28.1. The highest BCUT2D eigenvalue weighted by Crippen LogP contribution is 2.24. The van der Waals surface area contributed by atoms with E-state index in [1.165, 1.54) is 0 Å². The largest absolute Gasteiger partial charge is 0.394 e. The molecule has 0 saturated carbocycles. The first-order valence-electron chi connectivity index (χ1n) is 5.22. The zero-order chi connectivity index (χ0) is 12.6. The van der Waals surface area contributed by atoms with Crippen LogP contribution in [0.1, 0.15) is 34.6 Å². The Bertz CT molecular complexity index is 579. The van der Waals surface area contributed by atoms with Gasteiger partial charge in [0.25, 0.3) is 0 Å². The molecule has 86 valence electrons. The molecule has 0 aromatic heterocycles. The number of hydrogen-bond acceptors (Lipinski definition) is 4. The molecular formula is C13H12N2O2. The van der Waals surface area contributed by atoms with E-state index < -0.39 is 0 Å². The molecule has 0 spiro atoms. The third-order valence-corrected chi connectivity index (χ3v) is 2.47. The first kappa shape index (κ1) is 11.3. The molecule has 0 amide bonds. The van der Waals surface area contributed by atoms with Crippen LogP contribution in [0, 0.1) is 0 Å². The molecule has 0 bridgehead atoms. The molecule has 0 atom stereocenters. The van der Waals surface area contributed by atoms with Gasteiger partial charge in [0.2, 0.25) is 11.6 Å². The standard InChI is InChI=1S/C13H12N2O2/c1-7(2)15-11-10(14)12(16)8-5-3-4-6-9(8)13(11)17/h3-6H,14H2,1-2H3. The van der Waals surface area contributed by atoms with Gasteiger partial charge in [-0.1, -0.05) is 24.3 Å². The van der Waals surface area contributed by atoms with Gasteiger partial charge >= 0.3 is 0 Å². The van der Waals surface area contributed by atoms with E-state index in [9.17, 15) is 9.59 Å². The number of aliphatic imine (C=N–C) groups is 1. The first-order valence-corrected chi connectivity index (χ1v) is 5.22. The van der Waals surface area contributed by atoms with Crippen molar-refractivity contribution in [3.63, 3.8) is 0 Å². The first-order chi connectivity index (χ1) is 8.02. The monoisotopic (exact) mass is 228 g/mol. The maximum Gasteiger partial charge on any atom is 0.214 e. The molecule has 1 aliphatic rings. The van der Waals surface area contributed by atoms with Crippen molar-refractivity contribution in [2.75, 3.05) is 0 Å². The average molecular weight is 228 g/mol. The molecule has 0 radical (unpaired) electrons. The summed E-state index contributed by atoms with van der Waals surface area (Å²) >= 11 is 0. The minimum atomic E-state index is -0.333. The third kappa shape index (κ3) is 1.78. The van der Waals surface area contributed by atoms with Crippen LogP contribution in [-0.2, 0) is 0 Å². The number of ketones is 2. The molecule has 0 unspecified atom stereocenters. The van der Waals surface area contributed by atoms with E-state index in [0.29, 0.717) is 16.8 Å². The molecule has 0 aliphatic heterocycles. The van der Waals surface area contributed by atoms with Crippen LogP contribution in [0.15, 0.2) is 40.7 Å². The van der Waals surface area contributed by atoms with E-state index in [0.717, 1.165) is 0 Å². The predicted octanol–water partition coefficient (Wildman–Crippen LogP) is 1.72. The quantitative estimate of drug-likeness (QED) is 0.744. The number of allylic oxidation sites excluding steroid dienone is 2. The van der Waals surface area contributed by atoms with E-state index in [1.807, 2.05) is 0 Å². The highest BCUT2D eigenvalue weighted by Gasteiger charge is 2.30. The van der Waals surface area contributed by atoms with Crippen LogP contribution < -0.4 is 5.73 Å². The van der Waals surface area contributed by atoms with Crippen LogP contribution in [0.2, 0.25) is 0 Å². The van der Waals surface area contributed by atoms with Crippen molar-refractivity contribution in [2.45, 2.75) is 13.8 Å². The lowest BCUT2D eigenvalue weighted by molar-refractivity contribution is 0.0972. The van der Waals surface area contributed by atoms with Gasteiger partial charge in [0.05, 0.1) is 0 Å². The molecule has 2 rings (SSSR count). The van der Waals surface area contributed by atoms with E-state index in [2.05, 4.69) is 4.99 Å². The molecule has 17 heavy (non-hydrogen) atoms. The molecule has 0 fully saturated rings. The number of carbonyl (C=O) groups excluding carboxylic acids is 2. The van der Waals surface area contributed by atoms with Gasteiger partial charge in [0.1, 0.15) is 11.4 Å². The Morgan fingerprint density at radius 1 is 1.06 bits per heavy atom. The fourth-order valence-electron chi connectivity index (χ4n) is 1.72. The van der Waals surface area contributed by atoms with Crippen molar-refractivity contribution in [1.29, 1.82) is 0 Å². The minimum absolute atomic E-state index is 0.0497. The fourth-order valence-corrected chi connectivity index (χ4v) is 1.72. The van der Waals surface area contributed by atoms with Gasteiger partial charge in [0.15, 0.2) is 0 Å². The van der Waals surface area contributed by atoms with Crippen molar-refractivity contribution in [3.8, 4) is 0 Å². The summed E-state index contributed by atoms with van der Waals surface area (Å²) in [7, 11) is 0. The zero-order valence-electron chi connectivity index (χ0n) is 9.65. The second-order valence-electron chi connectivity index (χ2n) is 4.03. The number of rotatable bonds is 1. The maximum absolute atomic E-state index is 12.1. The number of Topliss-reactive ketones (excluding diaryl/α,β-unsaturated/α-hetero) is 2. The van der Waals surface area contributed by atoms with Crippen LogP contribution in [0.25, 0.3) is 0 Å². The van der Waals surface area contributed by atoms with Crippen molar-refractivity contribution in [3.05, 3.63) is 46.8 Å². The number of fused-ring (bicyclic) bond motifs is 1. The Hall–Kier alpha value is -2.23. The zero-order valence-corrected chi connectivity index (χ0v) is 9.65. The van der Waals surface area contributed by atoms with Crippen LogP contribution in [0.5, 0.6) is 0 Å². The van der Waals surface area contributed by atoms with Gasteiger partial charge in [-0.05, 0) is 13.8 Å². The van der Waals surface area contributed by atoms with Crippen LogP contribution >= 0.6 is 0 Å². The fraction of sp³-hybridized carbons (Fsp3) is 0.154. The number of hydrogen-bond donors (Lipinski definition) is 1. The van der Waals surface area contributed by atoms with Gasteiger partial charge < -0.3 is 5.73 Å². The summed E-state index contributed by atoms with van der Waals surface area (Å²) < 4.78 is 0. The van der Waals surface area contributed by atoms with Crippen LogP contribution in [0.3, 0.4) is 0 Å². The summed E-state index contributed by atoms with van der Waals surface area (Å²) in [5, 5.41) is 0. The number of nitrogens with zero attached hydrogens (tertiary/aromatic N) is 1. The van der Waals surface area contributed by atoms with E-state index in [-0.39, 0.29) is 23.0 Å². The Morgan fingerprint density at radius 3 is 2.12 bits per heavy atom. The minimum Gasteiger partial charge on any atom is -0.394 e. The molecular weight excluding hydrogens is 216 g/mol. The second-order valence-corrected chi connectivity index (χ2v) is 4.03. The van der Waals surface area contributed by atoms with Gasteiger partial charge in [-0.2, -0.15) is 0 Å². The molecule has 1 aromatic rings. The number of benzene rings is 1. The lowest BCUT2D eigenvalue weighted by atomic mass is 9.91. The summed E-state index contributed by atoms with van der Waals surface area (Å²) in [5.74, 6) is -0.626. The van der Waals surface area contributed by atoms with Crippen LogP contribution in [0.4, 0.5) is 0 Å². The molecule has 1 aromatic carbocycles. The molecule has 0 saturated heterocycles. The van der Waals surface area contributed by atoms with Gasteiger partial charge in [-0.25, -0.2) is 0 Å². The molecule has 1 aliphatic carbocycles. The van der Waals surface area contributed by atoms with E-state index in [1.54, 1.807) is 38.1 Å². The summed E-state index contributed by atoms with van der Waals surface area (Å²) in [6, 6.07) is 6.63. The molecule has 4 heteroatoms. The van der Waals surface area contributed by atoms with Gasteiger partial charge in [-0.3, -0.25) is 14.6 Å². The number of nitrogens with two attached hydrogens (primary N) is 1. The molecule has 2 N–H and O–H groups in total. The van der Waals surface area contributed by atoms with E-state index in [4.69, 9.17) is 5.73 Å². The molecule has 0 heterocycles. The molecule has 4 nitrogen and oxygen atoms in total. The Morgan fingerprint density at radius 2 is 1.59 bits per heavy atom. The predicted molar refractivity (Wildman–Crippen MR) is 65.1 cm³/mol. The summed E-state index contributed by atoms with van der Waals surface area (Å²) in [5.41, 5.74) is 7.05. The third-order valence-electron chi connectivity index (χ3n) is 2.47. The van der Waals surface area contributed by atoms with Crippen molar-refractivity contribution in [1.82, 2.24) is 0 Å². The van der Waals surface area contributed by atoms with E-state index >= 15 is 0 Å². The van der Waals surface area contributed by atoms with Gasteiger partial charge in [-0.15, -0.1) is 0 Å². The highest BCUT2D eigenvalue weighted by atomic mass is 16.1. The average Bonchev–Trinajstić information content (AvgIpc) is 2.31. The Balaban J connectivity index is 2.66. The van der Waals surface area contributed by atoms with Crippen molar-refractivity contribution >= 4 is 17.3 Å². The summed E-state index contributed by atoms with van der Waals surface area (Å²) in [6.45, 7) is 3.50. The highest BCUT2D eigenvalue weighted by molar-refractivity contribution is 6.26.